The Labute approximate surface area is 258 Å². The Morgan fingerprint density at radius 3 is 2.33 bits per heavy atom. The third kappa shape index (κ3) is 6.32. The van der Waals surface area contributed by atoms with Gasteiger partial charge in [0.05, 0.1) is 17.1 Å². The zero-order chi connectivity index (χ0) is 31.9. The van der Waals surface area contributed by atoms with Crippen molar-refractivity contribution in [3.05, 3.63) is 94.8 Å². The van der Waals surface area contributed by atoms with Crippen molar-refractivity contribution in [2.75, 3.05) is 13.1 Å². The molecule has 0 bridgehead atoms. The molecular weight excluding hydrogens is 609 g/mol. The molecule has 45 heavy (non-hydrogen) atoms. The number of para-hydroxylation sites is 1. The minimum Gasteiger partial charge on any atom is -0.488 e. The lowest BCUT2D eigenvalue weighted by molar-refractivity contribution is -0.143. The number of pyridine rings is 1. The van der Waals surface area contributed by atoms with Crippen LogP contribution < -0.4 is 4.74 Å². The van der Waals surface area contributed by atoms with E-state index in [2.05, 4.69) is 10.1 Å². The van der Waals surface area contributed by atoms with Gasteiger partial charge in [-0.3, -0.25) is 0 Å². The molecule has 0 unspecified atom stereocenters. The number of sulfonamides is 1. The van der Waals surface area contributed by atoms with Gasteiger partial charge in [0.2, 0.25) is 10.0 Å². The van der Waals surface area contributed by atoms with Crippen molar-refractivity contribution < 1.29 is 36.2 Å². The number of carbonyl (C=O) groups is 1. The fourth-order valence-corrected chi connectivity index (χ4v) is 7.62. The van der Waals surface area contributed by atoms with Gasteiger partial charge in [-0.1, -0.05) is 42.5 Å². The van der Waals surface area contributed by atoms with Gasteiger partial charge in [-0.05, 0) is 73.4 Å². The van der Waals surface area contributed by atoms with Gasteiger partial charge in [-0.15, -0.1) is 0 Å². The van der Waals surface area contributed by atoms with Gasteiger partial charge >= 0.3 is 12.1 Å². The maximum absolute atomic E-state index is 13.8. The molecule has 1 aliphatic carbocycles. The summed E-state index contributed by atoms with van der Waals surface area (Å²) in [5.74, 6) is -1.13. The summed E-state index contributed by atoms with van der Waals surface area (Å²) in [5.41, 5.74) is 1.37. The van der Waals surface area contributed by atoms with Crippen LogP contribution in [0.25, 0.3) is 17.1 Å². The topological polar surface area (TPSA) is 115 Å². The Bertz CT molecular complexity index is 1830. The Morgan fingerprint density at radius 1 is 1.00 bits per heavy atom. The van der Waals surface area contributed by atoms with Crippen LogP contribution >= 0.6 is 0 Å². The highest BCUT2D eigenvalue weighted by Crippen LogP contribution is 2.37. The first-order valence-corrected chi connectivity index (χ1v) is 16.1. The fourth-order valence-electron chi connectivity index (χ4n) is 5.75. The van der Waals surface area contributed by atoms with E-state index in [1.807, 2.05) is 37.3 Å². The number of nitrogens with zero attached hydrogens (tertiary/aromatic N) is 4. The highest BCUT2D eigenvalue weighted by Gasteiger charge is 2.42. The quantitative estimate of drug-likeness (QED) is 0.231. The standard InChI is InChI=1S/C32H31F3N4O5S/c1-20-4-2-5-25(27-6-3-7-28(37-27)39-30(32(33,34)35)26(18-36-39)31(40)41)29(20)44-19-21-8-10-22(11-9-21)23-14-16-38(17-15-23)45(42,43)24-12-13-24/h2-11,18,23-24H,12-17,19H2,1H3,(H,40,41). The Morgan fingerprint density at radius 2 is 1.69 bits per heavy atom. The highest BCUT2D eigenvalue weighted by molar-refractivity contribution is 7.90. The average Bonchev–Trinajstić information content (AvgIpc) is 3.78. The summed E-state index contributed by atoms with van der Waals surface area (Å²) in [6, 6.07) is 17.9. The van der Waals surface area contributed by atoms with Crippen molar-refractivity contribution >= 4 is 16.0 Å². The summed E-state index contributed by atoms with van der Waals surface area (Å²) in [4.78, 5) is 15.8. The molecule has 2 aromatic carbocycles. The number of hydrogen-bond donors (Lipinski definition) is 1. The van der Waals surface area contributed by atoms with Gasteiger partial charge in [0.1, 0.15) is 17.9 Å². The molecule has 0 atom stereocenters. The number of alkyl halides is 3. The fraction of sp³-hybridized carbons (Fsp3) is 0.344. The second-order valence-electron chi connectivity index (χ2n) is 11.4. The van der Waals surface area contributed by atoms with E-state index in [0.29, 0.717) is 41.0 Å². The molecule has 1 N–H and O–H groups in total. The number of benzene rings is 2. The van der Waals surface area contributed by atoms with E-state index in [4.69, 9.17) is 4.74 Å². The van der Waals surface area contributed by atoms with E-state index in [0.717, 1.165) is 42.4 Å². The van der Waals surface area contributed by atoms with Crippen LogP contribution in [0.15, 0.2) is 66.9 Å². The summed E-state index contributed by atoms with van der Waals surface area (Å²) in [6.45, 7) is 3.17. The van der Waals surface area contributed by atoms with Crippen molar-refractivity contribution in [3.63, 3.8) is 0 Å². The predicted octanol–water partition coefficient (Wildman–Crippen LogP) is 6.21. The molecule has 1 saturated heterocycles. The van der Waals surface area contributed by atoms with Gasteiger partial charge in [0.25, 0.3) is 0 Å². The average molecular weight is 641 g/mol. The minimum atomic E-state index is -4.97. The molecule has 0 amide bonds. The lowest BCUT2D eigenvalue weighted by atomic mass is 9.90. The molecule has 1 aliphatic heterocycles. The molecule has 6 rings (SSSR count). The van der Waals surface area contributed by atoms with Crippen LogP contribution in [0.5, 0.6) is 5.75 Å². The maximum atomic E-state index is 13.8. The first-order chi connectivity index (χ1) is 21.4. The van der Waals surface area contributed by atoms with E-state index >= 15 is 0 Å². The zero-order valence-electron chi connectivity index (χ0n) is 24.4. The third-order valence-corrected chi connectivity index (χ3v) is 10.7. The third-order valence-electron chi connectivity index (χ3n) is 8.30. The molecule has 0 radical (unpaired) electrons. The molecule has 1 saturated carbocycles. The van der Waals surface area contributed by atoms with Crippen LogP contribution in [0.2, 0.25) is 0 Å². The summed E-state index contributed by atoms with van der Waals surface area (Å²) >= 11 is 0. The Balaban J connectivity index is 1.18. The summed E-state index contributed by atoms with van der Waals surface area (Å²) < 4.78 is 74.9. The molecule has 0 spiro atoms. The monoisotopic (exact) mass is 640 g/mol. The number of rotatable bonds is 9. The number of halogens is 3. The molecule has 236 valence electrons. The number of hydrogen-bond acceptors (Lipinski definition) is 6. The highest BCUT2D eigenvalue weighted by atomic mass is 32.2. The Kier molecular flexibility index (Phi) is 8.16. The number of aryl methyl sites for hydroxylation is 1. The summed E-state index contributed by atoms with van der Waals surface area (Å²) in [7, 11) is -3.15. The summed E-state index contributed by atoms with van der Waals surface area (Å²) in [6.07, 6.45) is -1.22. The van der Waals surface area contributed by atoms with Crippen molar-refractivity contribution in [3.8, 4) is 22.8 Å². The molecule has 9 nitrogen and oxygen atoms in total. The molecule has 2 fully saturated rings. The SMILES string of the molecule is Cc1cccc(-c2cccc(-n3ncc(C(=O)O)c3C(F)(F)F)n2)c1OCc1ccc(C2CCN(S(=O)(=O)C3CC3)CC2)cc1. The van der Waals surface area contributed by atoms with Gasteiger partial charge in [0.15, 0.2) is 11.5 Å². The van der Waals surface area contributed by atoms with Crippen molar-refractivity contribution in [2.24, 2.45) is 0 Å². The first kappa shape index (κ1) is 30.8. The normalized spacial score (nSPS) is 16.5. The number of piperidine rings is 1. The van der Waals surface area contributed by atoms with Gasteiger partial charge in [-0.25, -0.2) is 27.2 Å². The number of aromatic nitrogens is 3. The van der Waals surface area contributed by atoms with Crippen LogP contribution in [-0.4, -0.2) is 56.9 Å². The number of carboxylic acid groups (broad SMARTS) is 1. The molecule has 4 aromatic rings. The predicted molar refractivity (Wildman–Crippen MR) is 160 cm³/mol. The molecule has 2 aliphatic rings. The number of carboxylic acids is 1. The van der Waals surface area contributed by atoms with E-state index in [-0.39, 0.29) is 23.6 Å². The number of ether oxygens (including phenoxy) is 1. The smallest absolute Gasteiger partial charge is 0.434 e. The van der Waals surface area contributed by atoms with E-state index in [1.165, 1.54) is 12.1 Å². The maximum Gasteiger partial charge on any atom is 0.434 e. The van der Waals surface area contributed by atoms with Crippen molar-refractivity contribution in [1.29, 1.82) is 0 Å². The van der Waals surface area contributed by atoms with Gasteiger partial charge < -0.3 is 9.84 Å². The minimum absolute atomic E-state index is 0.188. The molecule has 2 aromatic heterocycles. The van der Waals surface area contributed by atoms with Crippen molar-refractivity contribution in [2.45, 2.75) is 56.6 Å². The van der Waals surface area contributed by atoms with E-state index < -0.39 is 33.4 Å². The van der Waals surface area contributed by atoms with E-state index in [1.54, 1.807) is 22.5 Å². The zero-order valence-corrected chi connectivity index (χ0v) is 25.2. The van der Waals surface area contributed by atoms with E-state index in [9.17, 15) is 31.5 Å². The van der Waals surface area contributed by atoms with Crippen LogP contribution in [0, 0.1) is 6.92 Å². The lowest BCUT2D eigenvalue weighted by Crippen LogP contribution is -2.39. The van der Waals surface area contributed by atoms with Crippen molar-refractivity contribution in [1.82, 2.24) is 19.1 Å². The first-order valence-electron chi connectivity index (χ1n) is 14.6. The second-order valence-corrected chi connectivity index (χ2v) is 13.6. The largest absolute Gasteiger partial charge is 0.488 e. The molecule has 13 heteroatoms. The van der Waals surface area contributed by atoms with Gasteiger partial charge in [-0.2, -0.15) is 18.3 Å². The van der Waals surface area contributed by atoms with Crippen LogP contribution in [0.1, 0.15) is 64.3 Å². The number of aromatic carboxylic acids is 1. The van der Waals surface area contributed by atoms with Crippen LogP contribution in [0.3, 0.4) is 0 Å². The molecular formula is C32H31F3N4O5S. The second kappa shape index (κ2) is 11.9. The van der Waals surface area contributed by atoms with Crippen LogP contribution in [0.4, 0.5) is 13.2 Å². The molecule has 3 heterocycles. The Hall–Kier alpha value is -4.23. The van der Waals surface area contributed by atoms with Gasteiger partial charge in [0, 0.05) is 18.7 Å². The van der Waals surface area contributed by atoms with Crippen LogP contribution in [-0.2, 0) is 22.8 Å². The lowest BCUT2D eigenvalue weighted by Gasteiger charge is -2.31. The summed E-state index contributed by atoms with van der Waals surface area (Å²) in [5, 5.41) is 12.8.